The lowest BCUT2D eigenvalue weighted by atomic mass is 9.86. The number of pyridine rings is 1. The molecule has 0 unspecified atom stereocenters. The van der Waals surface area contributed by atoms with Gasteiger partial charge < -0.3 is 9.88 Å². The number of rotatable bonds is 4. The van der Waals surface area contributed by atoms with Crippen LogP contribution in [0.4, 0.5) is 16.0 Å². The summed E-state index contributed by atoms with van der Waals surface area (Å²) in [6.45, 7) is 3.96. The zero-order valence-corrected chi connectivity index (χ0v) is 17.5. The van der Waals surface area contributed by atoms with Gasteiger partial charge in [-0.2, -0.15) is 0 Å². The van der Waals surface area contributed by atoms with E-state index in [4.69, 9.17) is 0 Å². The molecule has 0 fully saturated rings. The third kappa shape index (κ3) is 3.30. The van der Waals surface area contributed by atoms with Crippen molar-refractivity contribution >= 4 is 34.5 Å². The molecule has 0 saturated carbocycles. The molecule has 1 aliphatic heterocycles. The number of aromatic amines is 1. The number of hydrogen-bond donors (Lipinski definition) is 2. The van der Waals surface area contributed by atoms with E-state index in [0.29, 0.717) is 28.2 Å². The first-order chi connectivity index (χ1) is 15.3. The molecule has 0 spiro atoms. The van der Waals surface area contributed by atoms with Gasteiger partial charge in [-0.15, -0.1) is 0 Å². The molecule has 5 rings (SSSR count). The van der Waals surface area contributed by atoms with Crippen molar-refractivity contribution in [3.8, 4) is 0 Å². The third-order valence-electron chi connectivity index (χ3n) is 5.72. The van der Waals surface area contributed by atoms with Gasteiger partial charge in [0.15, 0.2) is 0 Å². The summed E-state index contributed by atoms with van der Waals surface area (Å²) in [5, 5.41) is 2.78. The van der Waals surface area contributed by atoms with E-state index < -0.39 is 11.2 Å². The highest BCUT2D eigenvalue weighted by molar-refractivity contribution is 6.09. The van der Waals surface area contributed by atoms with Gasteiger partial charge in [-0.3, -0.25) is 19.9 Å². The maximum Gasteiger partial charge on any atom is 0.257 e. The summed E-state index contributed by atoms with van der Waals surface area (Å²) >= 11 is 0. The lowest BCUT2D eigenvalue weighted by Crippen LogP contribution is -2.35. The molecule has 3 heterocycles. The summed E-state index contributed by atoms with van der Waals surface area (Å²) < 4.78 is 13.2. The molecule has 2 aromatic carbocycles. The Labute approximate surface area is 183 Å². The van der Waals surface area contributed by atoms with Crippen molar-refractivity contribution in [2.45, 2.75) is 25.8 Å². The van der Waals surface area contributed by atoms with E-state index in [-0.39, 0.29) is 18.4 Å². The number of imidazole rings is 1. The molecule has 4 aromatic rings. The highest BCUT2D eigenvalue weighted by atomic mass is 19.1. The number of fused-ring (bicyclic) bond motifs is 2. The van der Waals surface area contributed by atoms with E-state index in [1.807, 2.05) is 32.0 Å². The quantitative estimate of drug-likeness (QED) is 0.509. The Morgan fingerprint density at radius 1 is 1.16 bits per heavy atom. The van der Waals surface area contributed by atoms with Gasteiger partial charge in [-0.1, -0.05) is 18.2 Å². The summed E-state index contributed by atoms with van der Waals surface area (Å²) in [7, 11) is 0. The zero-order valence-electron chi connectivity index (χ0n) is 17.5. The van der Waals surface area contributed by atoms with Crippen molar-refractivity contribution in [3.05, 3.63) is 83.4 Å². The molecule has 2 N–H and O–H groups in total. The monoisotopic (exact) mass is 429 g/mol. The van der Waals surface area contributed by atoms with Crippen molar-refractivity contribution in [2.24, 2.45) is 0 Å². The number of H-pyrrole nitrogens is 1. The lowest BCUT2D eigenvalue weighted by molar-refractivity contribution is -0.122. The van der Waals surface area contributed by atoms with Gasteiger partial charge in [0.25, 0.3) is 5.91 Å². The number of benzene rings is 2. The van der Waals surface area contributed by atoms with E-state index in [1.54, 1.807) is 35.2 Å². The van der Waals surface area contributed by atoms with Crippen LogP contribution in [0, 0.1) is 5.82 Å². The van der Waals surface area contributed by atoms with Crippen LogP contribution in [0.25, 0.3) is 11.0 Å². The Balaban J connectivity index is 1.49. The number of halogens is 1. The summed E-state index contributed by atoms with van der Waals surface area (Å²) in [6.07, 6.45) is 1.14. The summed E-state index contributed by atoms with van der Waals surface area (Å²) in [5.74, 6) is -0.430. The van der Waals surface area contributed by atoms with Crippen LogP contribution in [0.5, 0.6) is 0 Å². The minimum atomic E-state index is -0.754. The van der Waals surface area contributed by atoms with Crippen LogP contribution in [0.15, 0.2) is 60.8 Å². The van der Waals surface area contributed by atoms with Gasteiger partial charge in [-0.05, 0) is 55.8 Å². The normalized spacial score (nSPS) is 14.6. The Morgan fingerprint density at radius 2 is 1.94 bits per heavy atom. The van der Waals surface area contributed by atoms with E-state index in [2.05, 4.69) is 20.3 Å². The lowest BCUT2D eigenvalue weighted by Gasteiger charge is -2.20. The Kier molecular flexibility index (Phi) is 4.51. The van der Waals surface area contributed by atoms with Crippen LogP contribution in [-0.2, 0) is 16.8 Å². The number of amides is 2. The zero-order chi connectivity index (χ0) is 22.5. The first-order valence-electron chi connectivity index (χ1n) is 10.2. The highest BCUT2D eigenvalue weighted by Crippen LogP contribution is 2.44. The molecule has 2 amide bonds. The van der Waals surface area contributed by atoms with Crippen molar-refractivity contribution in [2.75, 3.05) is 10.2 Å². The number of nitrogens with one attached hydrogen (secondary N) is 2. The number of nitrogens with zero attached hydrogens (tertiary/aromatic N) is 3. The van der Waals surface area contributed by atoms with Gasteiger partial charge in [0.05, 0.1) is 40.6 Å². The Morgan fingerprint density at radius 3 is 2.66 bits per heavy atom. The van der Waals surface area contributed by atoms with E-state index in [9.17, 15) is 14.0 Å². The Hall–Kier alpha value is -4.07. The summed E-state index contributed by atoms with van der Waals surface area (Å²) in [5.41, 5.74) is 3.27. The van der Waals surface area contributed by atoms with Crippen LogP contribution < -0.4 is 10.2 Å². The van der Waals surface area contributed by atoms with Gasteiger partial charge in [-0.25, -0.2) is 9.37 Å². The molecule has 2 aromatic heterocycles. The van der Waals surface area contributed by atoms with E-state index in [1.165, 1.54) is 6.07 Å². The molecule has 7 nitrogen and oxygen atoms in total. The SMILES string of the molecule is CC1(C)C(=O)N(Cc2ccc(F)cn2)c2cc3[nH]c(NC(=O)c4ccccc4)nc3cc21. The smallest absolute Gasteiger partial charge is 0.257 e. The molecule has 1 aliphatic rings. The van der Waals surface area contributed by atoms with Crippen LogP contribution in [0.1, 0.15) is 35.5 Å². The first kappa shape index (κ1) is 19.9. The molecule has 0 bridgehead atoms. The van der Waals surface area contributed by atoms with E-state index in [0.717, 1.165) is 17.4 Å². The fraction of sp³-hybridized carbons (Fsp3) is 0.167. The number of carbonyl (C=O) groups excluding carboxylic acids is 2. The highest BCUT2D eigenvalue weighted by Gasteiger charge is 2.44. The second-order valence-electron chi connectivity index (χ2n) is 8.28. The minimum absolute atomic E-state index is 0.0659. The predicted octanol–water partition coefficient (Wildman–Crippen LogP) is 4.17. The fourth-order valence-corrected chi connectivity index (χ4v) is 3.98. The molecule has 0 atom stereocenters. The molecule has 160 valence electrons. The first-order valence-corrected chi connectivity index (χ1v) is 10.2. The fourth-order valence-electron chi connectivity index (χ4n) is 3.98. The molecule has 0 saturated heterocycles. The maximum absolute atomic E-state index is 13.2. The van der Waals surface area contributed by atoms with Crippen LogP contribution in [0.2, 0.25) is 0 Å². The van der Waals surface area contributed by atoms with Crippen LogP contribution in [0.3, 0.4) is 0 Å². The second kappa shape index (κ2) is 7.26. The summed E-state index contributed by atoms with van der Waals surface area (Å²) in [4.78, 5) is 39.0. The molecular formula is C24H20FN5O2. The third-order valence-corrected chi connectivity index (χ3v) is 5.72. The predicted molar refractivity (Wildman–Crippen MR) is 119 cm³/mol. The van der Waals surface area contributed by atoms with Crippen molar-refractivity contribution in [1.29, 1.82) is 0 Å². The van der Waals surface area contributed by atoms with Gasteiger partial charge in [0.1, 0.15) is 5.82 Å². The van der Waals surface area contributed by atoms with Crippen molar-refractivity contribution in [1.82, 2.24) is 15.0 Å². The maximum atomic E-state index is 13.2. The van der Waals surface area contributed by atoms with E-state index >= 15 is 0 Å². The van der Waals surface area contributed by atoms with Gasteiger partial charge >= 0.3 is 0 Å². The standard InChI is InChI=1S/C24H20FN5O2/c1-24(2)17-10-18-19(28-23(27-18)29-21(31)14-6-4-3-5-7-14)11-20(17)30(22(24)32)13-16-9-8-15(25)12-26-16/h3-12H,13H2,1-2H3,(H2,27,28,29,31). The Bertz CT molecular complexity index is 1350. The molecule has 0 aliphatic carbocycles. The largest absolute Gasteiger partial charge is 0.324 e. The molecule has 32 heavy (non-hydrogen) atoms. The van der Waals surface area contributed by atoms with Crippen LogP contribution in [-0.4, -0.2) is 26.8 Å². The molecule has 0 radical (unpaired) electrons. The van der Waals surface area contributed by atoms with Gasteiger partial charge in [0, 0.05) is 5.56 Å². The number of aromatic nitrogens is 3. The number of anilines is 2. The topological polar surface area (TPSA) is 91.0 Å². The average molecular weight is 429 g/mol. The van der Waals surface area contributed by atoms with Crippen LogP contribution >= 0.6 is 0 Å². The average Bonchev–Trinajstić information content (AvgIpc) is 3.26. The number of hydrogen-bond acceptors (Lipinski definition) is 4. The number of carbonyl (C=O) groups is 2. The minimum Gasteiger partial charge on any atom is -0.324 e. The van der Waals surface area contributed by atoms with Gasteiger partial charge in [0.2, 0.25) is 11.9 Å². The summed E-state index contributed by atoms with van der Waals surface area (Å²) in [6, 6.07) is 15.5. The molecule has 8 heteroatoms. The second-order valence-corrected chi connectivity index (χ2v) is 8.28. The van der Waals surface area contributed by atoms with Crippen molar-refractivity contribution < 1.29 is 14.0 Å². The molecular weight excluding hydrogens is 409 g/mol. The van der Waals surface area contributed by atoms with Crippen molar-refractivity contribution in [3.63, 3.8) is 0 Å².